The molecule has 0 atom stereocenters. The maximum Gasteiger partial charge on any atom is 0.273 e. The number of nitrogens with one attached hydrogen (secondary N) is 2. The maximum atomic E-state index is 11.8. The van der Waals surface area contributed by atoms with Crippen LogP contribution in [-0.4, -0.2) is 34.9 Å². The lowest BCUT2D eigenvalue weighted by Gasteiger charge is -2.20. The van der Waals surface area contributed by atoms with Crippen LogP contribution >= 0.6 is 0 Å². The molecule has 1 fully saturated rings. The SMILES string of the molecule is Nc1nccnc1C(=O)NCCNC(=O)CC1CCCCC1. The minimum atomic E-state index is -0.382. The molecule has 1 heterocycles. The number of hydrogen-bond donors (Lipinski definition) is 3. The van der Waals surface area contributed by atoms with Gasteiger partial charge in [-0.05, 0) is 18.8 Å². The fraction of sp³-hybridized carbons (Fsp3) is 0.600. The minimum Gasteiger partial charge on any atom is -0.382 e. The molecule has 0 saturated heterocycles. The smallest absolute Gasteiger partial charge is 0.273 e. The lowest BCUT2D eigenvalue weighted by atomic mass is 9.87. The summed E-state index contributed by atoms with van der Waals surface area (Å²) in [5.41, 5.74) is 5.68. The molecule has 1 aliphatic carbocycles. The van der Waals surface area contributed by atoms with E-state index in [0.29, 0.717) is 25.4 Å². The topological polar surface area (TPSA) is 110 Å². The van der Waals surface area contributed by atoms with E-state index in [2.05, 4.69) is 20.6 Å². The summed E-state index contributed by atoms with van der Waals surface area (Å²) in [6.07, 6.45) is 9.48. The quantitative estimate of drug-likeness (QED) is 0.676. The van der Waals surface area contributed by atoms with Gasteiger partial charge in [-0.3, -0.25) is 9.59 Å². The van der Waals surface area contributed by atoms with Crippen LogP contribution in [-0.2, 0) is 4.79 Å². The lowest BCUT2D eigenvalue weighted by molar-refractivity contribution is -0.122. The third-order valence-electron chi connectivity index (χ3n) is 3.87. The fourth-order valence-electron chi connectivity index (χ4n) is 2.71. The maximum absolute atomic E-state index is 11.8. The normalized spacial score (nSPS) is 15.3. The molecular weight excluding hydrogens is 282 g/mol. The Bertz CT molecular complexity index is 514. The summed E-state index contributed by atoms with van der Waals surface area (Å²) in [5, 5.41) is 5.49. The summed E-state index contributed by atoms with van der Waals surface area (Å²) in [5.74, 6) is 0.288. The highest BCUT2D eigenvalue weighted by atomic mass is 16.2. The van der Waals surface area contributed by atoms with E-state index < -0.39 is 0 Å². The summed E-state index contributed by atoms with van der Waals surface area (Å²) in [6.45, 7) is 0.739. The first-order valence-corrected chi connectivity index (χ1v) is 7.78. The van der Waals surface area contributed by atoms with Gasteiger partial charge < -0.3 is 16.4 Å². The zero-order chi connectivity index (χ0) is 15.8. The van der Waals surface area contributed by atoms with Gasteiger partial charge in [0, 0.05) is 31.9 Å². The molecule has 0 radical (unpaired) electrons. The highest BCUT2D eigenvalue weighted by Crippen LogP contribution is 2.25. The Morgan fingerprint density at radius 3 is 2.50 bits per heavy atom. The van der Waals surface area contributed by atoms with Crippen molar-refractivity contribution in [1.82, 2.24) is 20.6 Å². The molecule has 0 spiro atoms. The van der Waals surface area contributed by atoms with E-state index in [0.717, 1.165) is 12.8 Å². The van der Waals surface area contributed by atoms with Crippen molar-refractivity contribution in [3.05, 3.63) is 18.1 Å². The van der Waals surface area contributed by atoms with Crippen molar-refractivity contribution < 1.29 is 9.59 Å². The van der Waals surface area contributed by atoms with E-state index in [9.17, 15) is 9.59 Å². The third kappa shape index (κ3) is 4.98. The molecule has 0 aliphatic heterocycles. The Kier molecular flexibility index (Phi) is 6.12. The standard InChI is InChI=1S/C15H23N5O2/c16-14-13(18-7-8-19-14)15(22)20-9-6-17-12(21)10-11-4-2-1-3-5-11/h7-8,11H,1-6,9-10H2,(H2,16,19)(H,17,21)(H,20,22). The average Bonchev–Trinajstić information content (AvgIpc) is 2.53. The molecule has 1 aliphatic rings. The molecule has 7 nitrogen and oxygen atoms in total. The number of nitrogens with two attached hydrogens (primary N) is 1. The van der Waals surface area contributed by atoms with Gasteiger partial charge in [0.25, 0.3) is 5.91 Å². The van der Waals surface area contributed by atoms with Gasteiger partial charge in [-0.2, -0.15) is 0 Å². The van der Waals surface area contributed by atoms with Gasteiger partial charge in [0.1, 0.15) is 0 Å². The van der Waals surface area contributed by atoms with E-state index in [1.54, 1.807) is 0 Å². The number of carbonyl (C=O) groups is 2. The first kappa shape index (κ1) is 16.2. The molecule has 4 N–H and O–H groups in total. The predicted octanol–water partition coefficient (Wildman–Crippen LogP) is 0.875. The number of anilines is 1. The summed E-state index contributed by atoms with van der Waals surface area (Å²) < 4.78 is 0. The second-order valence-corrected chi connectivity index (χ2v) is 5.60. The van der Waals surface area contributed by atoms with Crippen LogP contribution in [0.15, 0.2) is 12.4 Å². The molecule has 1 aromatic rings. The third-order valence-corrected chi connectivity index (χ3v) is 3.87. The van der Waals surface area contributed by atoms with E-state index in [1.165, 1.54) is 31.7 Å². The first-order chi connectivity index (χ1) is 10.7. The van der Waals surface area contributed by atoms with Gasteiger partial charge in [-0.15, -0.1) is 0 Å². The van der Waals surface area contributed by atoms with E-state index in [1.807, 2.05) is 0 Å². The number of rotatable bonds is 6. The number of hydrogen-bond acceptors (Lipinski definition) is 5. The number of carbonyl (C=O) groups excluding carboxylic acids is 2. The Hall–Kier alpha value is -2.18. The molecule has 7 heteroatoms. The van der Waals surface area contributed by atoms with Crippen molar-refractivity contribution in [3.8, 4) is 0 Å². The van der Waals surface area contributed by atoms with Crippen molar-refractivity contribution >= 4 is 17.6 Å². The number of aromatic nitrogens is 2. The van der Waals surface area contributed by atoms with Crippen LogP contribution in [0.25, 0.3) is 0 Å². The van der Waals surface area contributed by atoms with Crippen molar-refractivity contribution in [2.45, 2.75) is 38.5 Å². The van der Waals surface area contributed by atoms with Crippen molar-refractivity contribution in [2.75, 3.05) is 18.8 Å². The Balaban J connectivity index is 1.63. The zero-order valence-electron chi connectivity index (χ0n) is 12.7. The lowest BCUT2D eigenvalue weighted by Crippen LogP contribution is -2.36. The van der Waals surface area contributed by atoms with Gasteiger partial charge in [-0.25, -0.2) is 9.97 Å². The number of nitrogen functional groups attached to an aromatic ring is 1. The largest absolute Gasteiger partial charge is 0.382 e. The van der Waals surface area contributed by atoms with Gasteiger partial charge in [0.15, 0.2) is 11.5 Å². The number of nitrogens with zero attached hydrogens (tertiary/aromatic N) is 2. The highest BCUT2D eigenvalue weighted by Gasteiger charge is 2.17. The molecule has 0 aromatic carbocycles. The monoisotopic (exact) mass is 305 g/mol. The second-order valence-electron chi connectivity index (χ2n) is 5.60. The summed E-state index contributed by atoms with van der Waals surface area (Å²) in [7, 11) is 0. The highest BCUT2D eigenvalue weighted by molar-refractivity contribution is 5.96. The van der Waals surface area contributed by atoms with Crippen LogP contribution in [0.4, 0.5) is 5.82 Å². The Morgan fingerprint density at radius 1 is 1.09 bits per heavy atom. The van der Waals surface area contributed by atoms with Crippen LogP contribution in [0.5, 0.6) is 0 Å². The number of amides is 2. The minimum absolute atomic E-state index is 0.0557. The molecule has 2 amide bonds. The van der Waals surface area contributed by atoms with Crippen LogP contribution in [0.3, 0.4) is 0 Å². The van der Waals surface area contributed by atoms with Gasteiger partial charge >= 0.3 is 0 Å². The second kappa shape index (κ2) is 8.31. The zero-order valence-corrected chi connectivity index (χ0v) is 12.7. The van der Waals surface area contributed by atoms with E-state index in [-0.39, 0.29) is 23.3 Å². The Labute approximate surface area is 130 Å². The van der Waals surface area contributed by atoms with Crippen molar-refractivity contribution in [3.63, 3.8) is 0 Å². The van der Waals surface area contributed by atoms with Crippen LogP contribution in [0, 0.1) is 5.92 Å². The molecule has 0 bridgehead atoms. The van der Waals surface area contributed by atoms with Crippen LogP contribution in [0.2, 0.25) is 0 Å². The van der Waals surface area contributed by atoms with Crippen LogP contribution in [0.1, 0.15) is 49.0 Å². The fourth-order valence-corrected chi connectivity index (χ4v) is 2.71. The molecule has 22 heavy (non-hydrogen) atoms. The molecule has 1 saturated carbocycles. The molecule has 0 unspecified atom stereocenters. The molecular formula is C15H23N5O2. The summed E-state index contributed by atoms with van der Waals surface area (Å²) in [4.78, 5) is 31.3. The molecule has 1 aromatic heterocycles. The average molecular weight is 305 g/mol. The molecule has 2 rings (SSSR count). The van der Waals surface area contributed by atoms with Crippen molar-refractivity contribution in [1.29, 1.82) is 0 Å². The summed E-state index contributed by atoms with van der Waals surface area (Å²) in [6, 6.07) is 0. The van der Waals surface area contributed by atoms with E-state index in [4.69, 9.17) is 5.73 Å². The summed E-state index contributed by atoms with van der Waals surface area (Å²) >= 11 is 0. The van der Waals surface area contributed by atoms with Crippen LogP contribution < -0.4 is 16.4 Å². The Morgan fingerprint density at radius 2 is 1.77 bits per heavy atom. The van der Waals surface area contributed by atoms with Crippen molar-refractivity contribution in [2.24, 2.45) is 5.92 Å². The van der Waals surface area contributed by atoms with Gasteiger partial charge in [0.05, 0.1) is 0 Å². The van der Waals surface area contributed by atoms with Gasteiger partial charge in [-0.1, -0.05) is 19.3 Å². The molecule has 120 valence electrons. The van der Waals surface area contributed by atoms with Gasteiger partial charge in [0.2, 0.25) is 5.91 Å². The predicted molar refractivity (Wildman–Crippen MR) is 83.0 cm³/mol. The van der Waals surface area contributed by atoms with E-state index >= 15 is 0 Å². The first-order valence-electron chi connectivity index (χ1n) is 7.78.